The van der Waals surface area contributed by atoms with Crippen molar-refractivity contribution in [2.24, 2.45) is 11.7 Å². The number of carbonyl (C=O) groups is 1. The average Bonchev–Trinajstić information content (AvgIpc) is 2.59. The van der Waals surface area contributed by atoms with Gasteiger partial charge in [-0.05, 0) is 30.3 Å². The molecule has 0 aromatic heterocycles. The van der Waals surface area contributed by atoms with E-state index < -0.39 is 35.9 Å². The largest absolute Gasteiger partial charge is 0.508 e. The molecule has 11 heteroatoms. The third-order valence-electron chi connectivity index (χ3n) is 3.50. The number of nitrogens with two attached hydrogens (primary N) is 2. The van der Waals surface area contributed by atoms with Crippen LogP contribution in [-0.4, -0.2) is 23.2 Å². The lowest BCUT2D eigenvalue weighted by atomic mass is 10.1. The molecule has 0 heterocycles. The smallest absolute Gasteiger partial charge is 0.420 e. The minimum atomic E-state index is -4.74. The quantitative estimate of drug-likeness (QED) is 0.412. The molecule has 0 spiro atoms. The highest BCUT2D eigenvalue weighted by Crippen LogP contribution is 2.39. The second-order valence-electron chi connectivity index (χ2n) is 5.47. The summed E-state index contributed by atoms with van der Waals surface area (Å²) in [6.45, 7) is -0.419. The number of urea groups is 1. The van der Waals surface area contributed by atoms with Crippen molar-refractivity contribution in [2.75, 3.05) is 12.1 Å². The molecule has 7 nitrogen and oxygen atoms in total. The molecule has 0 aliphatic carbocycles. The van der Waals surface area contributed by atoms with Crippen LogP contribution in [0.2, 0.25) is 5.02 Å². The van der Waals surface area contributed by atoms with Crippen LogP contribution in [-0.2, 0) is 12.8 Å². The molecule has 0 aliphatic heterocycles. The molecule has 2 amide bonds. The zero-order valence-corrected chi connectivity index (χ0v) is 14.8. The molecule has 2 rings (SSSR count). The molecular formula is C16H16ClF3N4O3. The predicted octanol–water partition coefficient (Wildman–Crippen LogP) is 3.25. The van der Waals surface area contributed by atoms with Gasteiger partial charge in [-0.3, -0.25) is 5.01 Å². The number of amides is 2. The summed E-state index contributed by atoms with van der Waals surface area (Å²) < 4.78 is 44.6. The van der Waals surface area contributed by atoms with Gasteiger partial charge in [-0.15, -0.1) is 0 Å². The fraction of sp³-hybridized carbons (Fsp3) is 0.188. The van der Waals surface area contributed by atoms with Crippen molar-refractivity contribution >= 4 is 23.3 Å². The van der Waals surface area contributed by atoms with Gasteiger partial charge in [0.1, 0.15) is 23.7 Å². The number of nitrogens with zero attached hydrogens (tertiary/aromatic N) is 2. The number of carbonyl (C=O) groups excluding carboxylic acids is 1. The van der Waals surface area contributed by atoms with Crippen molar-refractivity contribution in [3.63, 3.8) is 0 Å². The number of halogens is 4. The first kappa shape index (κ1) is 20.6. The van der Waals surface area contributed by atoms with Gasteiger partial charge in [0.2, 0.25) is 0 Å². The number of alkyl halides is 3. The van der Waals surface area contributed by atoms with Crippen LogP contribution in [0.4, 0.5) is 23.7 Å². The van der Waals surface area contributed by atoms with Crippen molar-refractivity contribution in [3.8, 4) is 11.5 Å². The molecule has 0 radical (unpaired) electrons. The Labute approximate surface area is 157 Å². The molecule has 27 heavy (non-hydrogen) atoms. The number of rotatable bonds is 4. The average molecular weight is 405 g/mol. The van der Waals surface area contributed by atoms with Crippen molar-refractivity contribution in [1.29, 1.82) is 0 Å². The van der Waals surface area contributed by atoms with Gasteiger partial charge in [0.25, 0.3) is 0 Å². The van der Waals surface area contributed by atoms with Crippen LogP contribution in [0.5, 0.6) is 11.5 Å². The Balaban J connectivity index is 2.36. The summed E-state index contributed by atoms with van der Waals surface area (Å²) in [5.41, 5.74) is -0.867. The zero-order chi connectivity index (χ0) is 20.4. The molecule has 0 fully saturated rings. The number of benzene rings is 2. The Hall–Kier alpha value is -2.69. The van der Waals surface area contributed by atoms with E-state index >= 15 is 0 Å². The number of hydrogen-bond donors (Lipinski definition) is 3. The summed E-state index contributed by atoms with van der Waals surface area (Å²) in [6, 6.07) is 6.22. The van der Waals surface area contributed by atoms with Crippen LogP contribution in [0.1, 0.15) is 11.1 Å². The van der Waals surface area contributed by atoms with E-state index in [1.807, 2.05) is 0 Å². The second kappa shape index (κ2) is 7.91. The molecule has 0 unspecified atom stereocenters. The molecule has 0 saturated heterocycles. The third-order valence-corrected chi connectivity index (χ3v) is 3.86. The SMILES string of the molecule is CN(N)C(=O)N(N)c1cccc(Cl)c1COc1ccc(O)cc1C(F)(F)F. The Morgan fingerprint density at radius 2 is 1.93 bits per heavy atom. The van der Waals surface area contributed by atoms with Gasteiger partial charge >= 0.3 is 12.2 Å². The molecule has 0 aliphatic rings. The molecule has 0 atom stereocenters. The Morgan fingerprint density at radius 1 is 1.26 bits per heavy atom. The van der Waals surface area contributed by atoms with E-state index in [2.05, 4.69) is 0 Å². The van der Waals surface area contributed by atoms with Gasteiger partial charge in [0.05, 0.1) is 5.69 Å². The minimum absolute atomic E-state index is 0.108. The lowest BCUT2D eigenvalue weighted by Crippen LogP contribution is -2.49. The molecule has 0 bridgehead atoms. The van der Waals surface area contributed by atoms with Crippen LogP contribution in [0.3, 0.4) is 0 Å². The van der Waals surface area contributed by atoms with Gasteiger partial charge < -0.3 is 9.84 Å². The second-order valence-corrected chi connectivity index (χ2v) is 5.88. The summed E-state index contributed by atoms with van der Waals surface area (Å²) in [6.07, 6.45) is -4.74. The van der Waals surface area contributed by atoms with Crippen LogP contribution in [0.25, 0.3) is 0 Å². The van der Waals surface area contributed by atoms with Gasteiger partial charge in [0.15, 0.2) is 0 Å². The highest BCUT2D eigenvalue weighted by Gasteiger charge is 2.35. The number of phenolic OH excluding ortho intramolecular Hbond substituents is 1. The zero-order valence-electron chi connectivity index (χ0n) is 14.0. The van der Waals surface area contributed by atoms with Gasteiger partial charge in [-0.25, -0.2) is 21.5 Å². The van der Waals surface area contributed by atoms with Crippen LogP contribution < -0.4 is 21.4 Å². The summed E-state index contributed by atoms with van der Waals surface area (Å²) in [7, 11) is 1.27. The number of hydrogen-bond acceptors (Lipinski definition) is 5. The first-order chi connectivity index (χ1) is 12.5. The molecule has 2 aromatic carbocycles. The van der Waals surface area contributed by atoms with E-state index in [4.69, 9.17) is 28.0 Å². The summed E-state index contributed by atoms with van der Waals surface area (Å²) >= 11 is 6.10. The van der Waals surface area contributed by atoms with Crippen molar-refractivity contribution in [2.45, 2.75) is 12.8 Å². The predicted molar refractivity (Wildman–Crippen MR) is 92.9 cm³/mol. The maximum atomic E-state index is 13.1. The normalized spacial score (nSPS) is 11.2. The van der Waals surface area contributed by atoms with E-state index in [1.165, 1.54) is 25.2 Å². The third kappa shape index (κ3) is 4.73. The maximum Gasteiger partial charge on any atom is 0.420 e. The fourth-order valence-electron chi connectivity index (χ4n) is 2.20. The van der Waals surface area contributed by atoms with Crippen LogP contribution >= 0.6 is 11.6 Å². The van der Waals surface area contributed by atoms with E-state index in [1.54, 1.807) is 0 Å². The minimum Gasteiger partial charge on any atom is -0.508 e. The molecule has 5 N–H and O–H groups in total. The Kier molecular flexibility index (Phi) is 6.04. The van der Waals surface area contributed by atoms with Gasteiger partial charge in [-0.2, -0.15) is 13.2 Å². The van der Waals surface area contributed by atoms with Crippen LogP contribution in [0.15, 0.2) is 36.4 Å². The van der Waals surface area contributed by atoms with Crippen molar-refractivity contribution < 1.29 is 27.8 Å². The Bertz CT molecular complexity index is 846. The fourth-order valence-corrected chi connectivity index (χ4v) is 2.43. The van der Waals surface area contributed by atoms with Crippen molar-refractivity contribution in [3.05, 3.63) is 52.5 Å². The summed E-state index contributed by atoms with van der Waals surface area (Å²) in [5.74, 6) is 10.0. The molecule has 146 valence electrons. The van der Waals surface area contributed by atoms with E-state index in [0.29, 0.717) is 11.1 Å². The van der Waals surface area contributed by atoms with Gasteiger partial charge in [-0.1, -0.05) is 17.7 Å². The highest BCUT2D eigenvalue weighted by molar-refractivity contribution is 6.31. The van der Waals surface area contributed by atoms with Crippen LogP contribution in [0, 0.1) is 0 Å². The number of aromatic hydroxyl groups is 1. The lowest BCUT2D eigenvalue weighted by Gasteiger charge is -2.24. The summed E-state index contributed by atoms with van der Waals surface area (Å²) in [4.78, 5) is 11.9. The van der Waals surface area contributed by atoms with Gasteiger partial charge in [0, 0.05) is 17.6 Å². The number of anilines is 1. The Morgan fingerprint density at radius 3 is 2.52 bits per heavy atom. The lowest BCUT2D eigenvalue weighted by molar-refractivity contribution is -0.139. The molecule has 0 saturated carbocycles. The number of hydrazine groups is 2. The topological polar surface area (TPSA) is 105 Å². The standard InChI is InChI=1S/C16H16ClF3N4O3/c1-23(21)15(26)24(22)13-4-2-3-12(17)10(13)8-27-14-6-5-9(25)7-11(14)16(18,19)20/h2-7,25H,8,21-22H2,1H3. The van der Waals surface area contributed by atoms with E-state index in [9.17, 15) is 23.1 Å². The van der Waals surface area contributed by atoms with E-state index in [0.717, 1.165) is 17.1 Å². The monoisotopic (exact) mass is 404 g/mol. The highest BCUT2D eigenvalue weighted by atomic mass is 35.5. The molecular weight excluding hydrogens is 389 g/mol. The maximum absolute atomic E-state index is 13.1. The number of phenols is 1. The molecule has 2 aromatic rings. The first-order valence-corrected chi connectivity index (χ1v) is 7.77. The van der Waals surface area contributed by atoms with E-state index in [-0.39, 0.29) is 16.3 Å². The first-order valence-electron chi connectivity index (χ1n) is 7.40. The van der Waals surface area contributed by atoms with Crippen molar-refractivity contribution in [1.82, 2.24) is 5.01 Å². The number of ether oxygens (including phenoxy) is 1. The summed E-state index contributed by atoms with van der Waals surface area (Å²) in [5, 5.41) is 10.9.